The number of nitrogens with zero attached hydrogens (tertiary/aromatic N) is 4. The minimum Gasteiger partial charge on any atom is -0.395 e. The predicted octanol–water partition coefficient (Wildman–Crippen LogP) is 4.83. The standard InChI is InChI=1S/C20H16ClF4N5O2/c1-2-10-5-11(20(23,24)25)8-30-9-16(27-18(10)30)19-28-17(29-32-19)12-6-14(22)15(7-13(12)21)26-3-4-31/h5-9,26,31H,2-4H2,1H3. The largest absolute Gasteiger partial charge is 0.417 e. The monoisotopic (exact) mass is 469 g/mol. The average molecular weight is 470 g/mol. The summed E-state index contributed by atoms with van der Waals surface area (Å²) in [4.78, 5) is 8.51. The Labute approximate surface area is 183 Å². The normalized spacial score (nSPS) is 12.0. The van der Waals surface area contributed by atoms with Crippen molar-refractivity contribution in [3.8, 4) is 23.0 Å². The Hall–Kier alpha value is -3.18. The molecular weight excluding hydrogens is 454 g/mol. The molecule has 7 nitrogen and oxygen atoms in total. The molecule has 0 atom stereocenters. The number of nitrogens with one attached hydrogen (secondary N) is 1. The van der Waals surface area contributed by atoms with Crippen LogP contribution in [0.3, 0.4) is 0 Å². The molecule has 0 saturated carbocycles. The summed E-state index contributed by atoms with van der Waals surface area (Å²) in [6.45, 7) is 1.68. The highest BCUT2D eigenvalue weighted by molar-refractivity contribution is 6.33. The van der Waals surface area contributed by atoms with Gasteiger partial charge in [0.2, 0.25) is 5.82 Å². The fraction of sp³-hybridized carbons (Fsp3) is 0.250. The molecule has 0 aliphatic rings. The fourth-order valence-electron chi connectivity index (χ4n) is 3.17. The molecule has 3 heterocycles. The van der Waals surface area contributed by atoms with Gasteiger partial charge >= 0.3 is 6.18 Å². The highest BCUT2D eigenvalue weighted by Gasteiger charge is 2.32. The highest BCUT2D eigenvalue weighted by atomic mass is 35.5. The number of benzene rings is 1. The maximum atomic E-state index is 14.3. The number of anilines is 1. The number of alkyl halides is 3. The van der Waals surface area contributed by atoms with E-state index in [9.17, 15) is 17.6 Å². The van der Waals surface area contributed by atoms with Crippen molar-refractivity contribution in [1.82, 2.24) is 19.5 Å². The van der Waals surface area contributed by atoms with Crippen LogP contribution in [0.25, 0.3) is 28.6 Å². The maximum absolute atomic E-state index is 14.3. The van der Waals surface area contributed by atoms with Gasteiger partial charge in [-0.2, -0.15) is 18.2 Å². The van der Waals surface area contributed by atoms with Crippen molar-refractivity contribution >= 4 is 22.9 Å². The Bertz CT molecular complexity index is 1290. The molecule has 0 aliphatic carbocycles. The van der Waals surface area contributed by atoms with Crippen LogP contribution in [0.4, 0.5) is 23.2 Å². The molecule has 2 N–H and O–H groups in total. The molecule has 1 aromatic carbocycles. The second-order valence-corrected chi connectivity index (χ2v) is 7.25. The summed E-state index contributed by atoms with van der Waals surface area (Å²) in [6.07, 6.45) is -1.87. The quantitative estimate of drug-likeness (QED) is 0.393. The van der Waals surface area contributed by atoms with E-state index in [1.165, 1.54) is 16.7 Å². The van der Waals surface area contributed by atoms with Crippen LogP contribution in [-0.2, 0) is 12.6 Å². The van der Waals surface area contributed by atoms with Crippen molar-refractivity contribution in [2.75, 3.05) is 18.5 Å². The van der Waals surface area contributed by atoms with E-state index in [0.717, 1.165) is 18.3 Å². The highest BCUT2D eigenvalue weighted by Crippen LogP contribution is 2.34. The summed E-state index contributed by atoms with van der Waals surface area (Å²) in [5.74, 6) is -0.705. The van der Waals surface area contributed by atoms with E-state index >= 15 is 0 Å². The first-order valence-electron chi connectivity index (χ1n) is 9.48. The van der Waals surface area contributed by atoms with Gasteiger partial charge < -0.3 is 19.3 Å². The van der Waals surface area contributed by atoms with Crippen molar-refractivity contribution in [3.05, 3.63) is 52.6 Å². The zero-order valence-corrected chi connectivity index (χ0v) is 17.3. The lowest BCUT2D eigenvalue weighted by Gasteiger charge is -2.09. The number of hydrogen-bond donors (Lipinski definition) is 2. The number of hydrogen-bond acceptors (Lipinski definition) is 6. The maximum Gasteiger partial charge on any atom is 0.417 e. The third-order valence-corrected chi connectivity index (χ3v) is 5.02. The minimum atomic E-state index is -4.50. The second kappa shape index (κ2) is 8.40. The van der Waals surface area contributed by atoms with Crippen molar-refractivity contribution < 1.29 is 27.2 Å². The summed E-state index contributed by atoms with van der Waals surface area (Å²) in [7, 11) is 0. The van der Waals surface area contributed by atoms with Crippen molar-refractivity contribution in [3.63, 3.8) is 0 Å². The van der Waals surface area contributed by atoms with Crippen molar-refractivity contribution in [2.45, 2.75) is 19.5 Å². The molecule has 12 heteroatoms. The van der Waals surface area contributed by atoms with Gasteiger partial charge in [0.1, 0.15) is 17.2 Å². The van der Waals surface area contributed by atoms with Crippen LogP contribution in [-0.4, -0.2) is 37.8 Å². The number of aryl methyl sites for hydroxylation is 1. The molecule has 0 bridgehead atoms. The first-order chi connectivity index (χ1) is 15.2. The van der Waals surface area contributed by atoms with Crippen LogP contribution in [0.2, 0.25) is 5.02 Å². The number of halogens is 5. The van der Waals surface area contributed by atoms with Crippen LogP contribution < -0.4 is 5.32 Å². The summed E-state index contributed by atoms with van der Waals surface area (Å²) in [5, 5.41) is 15.5. The van der Waals surface area contributed by atoms with Gasteiger partial charge in [0.25, 0.3) is 5.89 Å². The molecular formula is C20H16ClF4N5O2. The van der Waals surface area contributed by atoms with E-state index in [4.69, 9.17) is 21.2 Å². The number of imidazole rings is 1. The Kier molecular flexibility index (Phi) is 5.78. The van der Waals surface area contributed by atoms with E-state index in [1.54, 1.807) is 6.92 Å². The predicted molar refractivity (Wildman–Crippen MR) is 109 cm³/mol. The Morgan fingerprint density at radius 1 is 1.19 bits per heavy atom. The van der Waals surface area contributed by atoms with Gasteiger partial charge in [-0.25, -0.2) is 9.37 Å². The van der Waals surface area contributed by atoms with E-state index in [0.29, 0.717) is 17.6 Å². The molecule has 0 spiro atoms. The van der Waals surface area contributed by atoms with Gasteiger partial charge in [0.05, 0.1) is 22.9 Å². The molecule has 0 aliphatic heterocycles. The second-order valence-electron chi connectivity index (χ2n) is 6.85. The number of rotatable bonds is 6. The smallest absolute Gasteiger partial charge is 0.395 e. The number of aliphatic hydroxyl groups is 1. The van der Waals surface area contributed by atoms with Gasteiger partial charge in [-0.3, -0.25) is 0 Å². The molecule has 168 valence electrons. The number of aromatic nitrogens is 4. The SMILES string of the molecule is CCc1cc(C(F)(F)F)cn2cc(-c3nc(-c4cc(F)c(NCCO)cc4Cl)no3)nc12. The number of aliphatic hydroxyl groups excluding tert-OH is 1. The average Bonchev–Trinajstić information content (AvgIpc) is 3.39. The number of fused-ring (bicyclic) bond motifs is 1. The van der Waals surface area contributed by atoms with Gasteiger partial charge in [0, 0.05) is 24.5 Å². The van der Waals surface area contributed by atoms with E-state index in [-0.39, 0.29) is 46.8 Å². The lowest BCUT2D eigenvalue weighted by atomic mass is 10.1. The van der Waals surface area contributed by atoms with Crippen LogP contribution in [0.15, 0.2) is 35.1 Å². The summed E-state index contributed by atoms with van der Waals surface area (Å²) in [6, 6.07) is 3.50. The third kappa shape index (κ3) is 4.13. The van der Waals surface area contributed by atoms with Crippen LogP contribution >= 0.6 is 11.6 Å². The number of pyridine rings is 1. The summed E-state index contributed by atoms with van der Waals surface area (Å²) < 4.78 is 60.4. The summed E-state index contributed by atoms with van der Waals surface area (Å²) in [5.41, 5.74) is 0.362. The van der Waals surface area contributed by atoms with E-state index < -0.39 is 17.6 Å². The molecule has 0 fully saturated rings. The first kappa shape index (κ1) is 22.0. The Morgan fingerprint density at radius 3 is 2.66 bits per heavy atom. The van der Waals surface area contributed by atoms with Crippen LogP contribution in [0, 0.1) is 5.82 Å². The zero-order chi connectivity index (χ0) is 23.0. The van der Waals surface area contributed by atoms with Gasteiger partial charge in [-0.05, 0) is 30.2 Å². The van der Waals surface area contributed by atoms with Gasteiger partial charge in [-0.15, -0.1) is 0 Å². The van der Waals surface area contributed by atoms with Gasteiger partial charge in [-0.1, -0.05) is 23.7 Å². The first-order valence-corrected chi connectivity index (χ1v) is 9.86. The molecule has 4 rings (SSSR count). The van der Waals surface area contributed by atoms with Crippen LogP contribution in [0.5, 0.6) is 0 Å². The van der Waals surface area contributed by atoms with E-state index in [2.05, 4.69) is 20.4 Å². The zero-order valence-electron chi connectivity index (χ0n) is 16.5. The van der Waals surface area contributed by atoms with Gasteiger partial charge in [0.15, 0.2) is 0 Å². The van der Waals surface area contributed by atoms with Crippen molar-refractivity contribution in [1.29, 1.82) is 0 Å². The molecule has 3 aromatic heterocycles. The molecule has 0 amide bonds. The molecule has 0 saturated heterocycles. The topological polar surface area (TPSA) is 88.5 Å². The third-order valence-electron chi connectivity index (χ3n) is 4.71. The molecule has 32 heavy (non-hydrogen) atoms. The minimum absolute atomic E-state index is 0.0126. The van der Waals surface area contributed by atoms with Crippen LogP contribution in [0.1, 0.15) is 18.1 Å². The fourth-order valence-corrected chi connectivity index (χ4v) is 3.42. The Morgan fingerprint density at radius 2 is 1.97 bits per heavy atom. The molecule has 0 unspecified atom stereocenters. The summed E-state index contributed by atoms with van der Waals surface area (Å²) >= 11 is 6.22. The molecule has 4 aromatic rings. The molecule has 0 radical (unpaired) electrons. The lowest BCUT2D eigenvalue weighted by molar-refractivity contribution is -0.137. The Balaban J connectivity index is 1.72. The lowest BCUT2D eigenvalue weighted by Crippen LogP contribution is -2.07. The van der Waals surface area contributed by atoms with Crippen molar-refractivity contribution in [2.24, 2.45) is 0 Å². The van der Waals surface area contributed by atoms with E-state index in [1.807, 2.05) is 0 Å².